The number of nitrogens with zero attached hydrogens (tertiary/aromatic N) is 1. The van der Waals surface area contributed by atoms with Crippen molar-refractivity contribution in [1.29, 1.82) is 0 Å². The number of ketones is 1. The molecular formula is C28H26ClNO5. The number of Topliss-reactive ketones (excluding diaryl/α,β-unsaturated/α-hetero) is 1. The molecule has 0 bridgehead atoms. The van der Waals surface area contributed by atoms with Crippen LogP contribution in [0, 0.1) is 6.92 Å². The summed E-state index contributed by atoms with van der Waals surface area (Å²) in [6.45, 7) is 2.73. The van der Waals surface area contributed by atoms with Gasteiger partial charge in [0, 0.05) is 13.2 Å². The highest BCUT2D eigenvalue weighted by Gasteiger charge is 2.47. The molecule has 2 saturated heterocycles. The third-order valence-electron chi connectivity index (χ3n) is 6.73. The van der Waals surface area contributed by atoms with Crippen LogP contribution in [0.3, 0.4) is 0 Å². The van der Waals surface area contributed by atoms with E-state index in [4.69, 9.17) is 21.1 Å². The van der Waals surface area contributed by atoms with Gasteiger partial charge in [0.05, 0.1) is 35.4 Å². The number of ether oxygens (including phenoxy) is 2. The zero-order chi connectivity index (χ0) is 24.7. The van der Waals surface area contributed by atoms with Gasteiger partial charge in [-0.3, -0.25) is 9.59 Å². The number of likely N-dealkylation sites (tertiary alicyclic amines) is 1. The van der Waals surface area contributed by atoms with Gasteiger partial charge in [-0.1, -0.05) is 54.1 Å². The maximum atomic E-state index is 13.5. The fourth-order valence-electron chi connectivity index (χ4n) is 5.15. The molecule has 2 aliphatic rings. The van der Waals surface area contributed by atoms with Crippen LogP contribution < -0.4 is 4.74 Å². The first kappa shape index (κ1) is 23.4. The maximum Gasteiger partial charge on any atom is 0.295 e. The fraction of sp³-hybridized carbons (Fsp3) is 0.286. The van der Waals surface area contributed by atoms with Gasteiger partial charge >= 0.3 is 0 Å². The van der Waals surface area contributed by atoms with Crippen molar-refractivity contribution < 1.29 is 24.2 Å². The predicted molar refractivity (Wildman–Crippen MR) is 135 cm³/mol. The van der Waals surface area contributed by atoms with Crippen molar-refractivity contribution in [2.24, 2.45) is 0 Å². The van der Waals surface area contributed by atoms with Gasteiger partial charge < -0.3 is 19.5 Å². The highest BCUT2D eigenvalue weighted by molar-refractivity contribution is 6.47. The smallest absolute Gasteiger partial charge is 0.295 e. The number of hydrogen-bond acceptors (Lipinski definition) is 5. The number of carbonyl (C=O) groups excluding carboxylic acids is 2. The van der Waals surface area contributed by atoms with Crippen molar-refractivity contribution >= 4 is 39.8 Å². The molecule has 2 unspecified atom stereocenters. The fourth-order valence-corrected chi connectivity index (χ4v) is 5.50. The third-order valence-corrected chi connectivity index (χ3v) is 7.01. The van der Waals surface area contributed by atoms with Gasteiger partial charge in [0.2, 0.25) is 0 Å². The van der Waals surface area contributed by atoms with Crippen molar-refractivity contribution in [2.75, 3.05) is 20.3 Å². The first-order valence-electron chi connectivity index (χ1n) is 11.6. The normalized spacial score (nSPS) is 21.7. The maximum absolute atomic E-state index is 13.5. The summed E-state index contributed by atoms with van der Waals surface area (Å²) in [5.41, 5.74) is 1.84. The molecule has 0 saturated carbocycles. The Morgan fingerprint density at radius 2 is 1.94 bits per heavy atom. The Labute approximate surface area is 208 Å². The number of aliphatic hydroxyl groups excluding tert-OH is 1. The quantitative estimate of drug-likeness (QED) is 0.293. The molecule has 35 heavy (non-hydrogen) atoms. The molecule has 7 heteroatoms. The zero-order valence-electron chi connectivity index (χ0n) is 19.6. The topological polar surface area (TPSA) is 76.1 Å². The van der Waals surface area contributed by atoms with Gasteiger partial charge in [0.1, 0.15) is 11.5 Å². The Kier molecular flexibility index (Phi) is 6.26. The molecule has 2 aliphatic heterocycles. The standard InChI is InChI=1S/C28H26ClNO5/c1-16-13-21(27(34-2)22(29)14-16)25(31)23-24(20-11-5-8-17-7-3-4-10-19(17)20)30(28(33)26(23)32)15-18-9-6-12-35-18/h3-5,7-8,10-11,13-14,18,24,31H,6,9,12,15H2,1-2H3/b25-23+. The molecule has 3 aromatic carbocycles. The Bertz CT molecular complexity index is 1350. The molecule has 5 rings (SSSR count). The second-order valence-electron chi connectivity index (χ2n) is 8.98. The minimum absolute atomic E-state index is 0.0179. The average molecular weight is 492 g/mol. The predicted octanol–water partition coefficient (Wildman–Crippen LogP) is 5.41. The SMILES string of the molecule is COc1c(Cl)cc(C)cc1/C(O)=C1\C(=O)C(=O)N(CC2CCCO2)C1c1cccc2ccccc12. The van der Waals surface area contributed by atoms with Crippen molar-refractivity contribution in [3.05, 3.63) is 81.9 Å². The summed E-state index contributed by atoms with van der Waals surface area (Å²) in [4.78, 5) is 28.4. The van der Waals surface area contributed by atoms with E-state index >= 15 is 0 Å². The number of aryl methyl sites for hydroxylation is 1. The summed E-state index contributed by atoms with van der Waals surface area (Å²) in [5.74, 6) is -1.45. The van der Waals surface area contributed by atoms with Crippen LogP contribution in [-0.4, -0.2) is 48.1 Å². The van der Waals surface area contributed by atoms with E-state index in [0.29, 0.717) is 11.6 Å². The molecule has 1 amide bonds. The number of halogens is 1. The molecule has 6 nitrogen and oxygen atoms in total. The van der Waals surface area contributed by atoms with Crippen LogP contribution in [0.25, 0.3) is 16.5 Å². The van der Waals surface area contributed by atoms with Crippen molar-refractivity contribution in [3.8, 4) is 5.75 Å². The van der Waals surface area contributed by atoms with Crippen LogP contribution in [-0.2, 0) is 14.3 Å². The molecule has 2 fully saturated rings. The Morgan fingerprint density at radius 1 is 1.17 bits per heavy atom. The van der Waals surface area contributed by atoms with Crippen LogP contribution in [0.15, 0.2) is 60.2 Å². The number of benzene rings is 3. The summed E-state index contributed by atoms with van der Waals surface area (Å²) in [6, 6.07) is 16.2. The van der Waals surface area contributed by atoms with Crippen LogP contribution in [0.5, 0.6) is 5.75 Å². The summed E-state index contributed by atoms with van der Waals surface area (Å²) < 4.78 is 11.3. The largest absolute Gasteiger partial charge is 0.507 e. The van der Waals surface area contributed by atoms with Crippen LogP contribution >= 0.6 is 11.6 Å². The molecule has 1 N–H and O–H groups in total. The number of rotatable bonds is 5. The summed E-state index contributed by atoms with van der Waals surface area (Å²) in [5, 5.41) is 13.7. The van der Waals surface area contributed by atoms with E-state index in [9.17, 15) is 14.7 Å². The Morgan fingerprint density at radius 3 is 2.69 bits per heavy atom. The lowest BCUT2D eigenvalue weighted by Gasteiger charge is -2.28. The number of aliphatic hydroxyl groups is 1. The number of hydrogen-bond donors (Lipinski definition) is 1. The highest BCUT2D eigenvalue weighted by Crippen LogP contribution is 2.44. The minimum Gasteiger partial charge on any atom is -0.507 e. The van der Waals surface area contributed by atoms with E-state index in [-0.39, 0.29) is 35.3 Å². The number of amides is 1. The number of carbonyl (C=O) groups is 2. The second-order valence-corrected chi connectivity index (χ2v) is 9.39. The van der Waals surface area contributed by atoms with Crippen molar-refractivity contribution in [2.45, 2.75) is 31.9 Å². The summed E-state index contributed by atoms with van der Waals surface area (Å²) in [7, 11) is 1.45. The van der Waals surface area contributed by atoms with E-state index in [2.05, 4.69) is 0 Å². The molecular weight excluding hydrogens is 466 g/mol. The molecule has 0 spiro atoms. The highest BCUT2D eigenvalue weighted by atomic mass is 35.5. The van der Waals surface area contributed by atoms with Gasteiger partial charge in [-0.05, 0) is 53.8 Å². The van der Waals surface area contributed by atoms with Gasteiger partial charge in [-0.15, -0.1) is 0 Å². The minimum atomic E-state index is -0.783. The molecule has 0 aromatic heterocycles. The number of methoxy groups -OCH3 is 1. The van der Waals surface area contributed by atoms with E-state index in [0.717, 1.165) is 34.7 Å². The zero-order valence-corrected chi connectivity index (χ0v) is 20.3. The van der Waals surface area contributed by atoms with E-state index in [1.165, 1.54) is 12.0 Å². The Hall–Kier alpha value is -3.35. The van der Waals surface area contributed by atoms with E-state index in [1.54, 1.807) is 12.1 Å². The van der Waals surface area contributed by atoms with E-state index < -0.39 is 17.7 Å². The van der Waals surface area contributed by atoms with E-state index in [1.807, 2.05) is 49.4 Å². The van der Waals surface area contributed by atoms with Crippen molar-refractivity contribution in [1.82, 2.24) is 4.90 Å². The lowest BCUT2D eigenvalue weighted by Crippen LogP contribution is -2.36. The van der Waals surface area contributed by atoms with Gasteiger partial charge in [-0.25, -0.2) is 0 Å². The Balaban J connectivity index is 1.75. The van der Waals surface area contributed by atoms with Gasteiger partial charge in [0.25, 0.3) is 11.7 Å². The first-order valence-corrected chi connectivity index (χ1v) is 12.0. The summed E-state index contributed by atoms with van der Waals surface area (Å²) in [6.07, 6.45) is 1.56. The molecule has 2 heterocycles. The monoisotopic (exact) mass is 491 g/mol. The lowest BCUT2D eigenvalue weighted by molar-refractivity contribution is -0.140. The first-order chi connectivity index (χ1) is 16.9. The lowest BCUT2D eigenvalue weighted by atomic mass is 9.91. The van der Waals surface area contributed by atoms with Crippen LogP contribution in [0.2, 0.25) is 5.02 Å². The molecule has 0 aliphatic carbocycles. The number of fused-ring (bicyclic) bond motifs is 1. The van der Waals surface area contributed by atoms with Crippen molar-refractivity contribution in [3.63, 3.8) is 0 Å². The van der Waals surface area contributed by atoms with Gasteiger partial charge in [-0.2, -0.15) is 0 Å². The second kappa shape index (κ2) is 9.36. The van der Waals surface area contributed by atoms with Crippen LogP contribution in [0.4, 0.5) is 0 Å². The average Bonchev–Trinajstić information content (AvgIpc) is 3.45. The molecule has 3 aromatic rings. The molecule has 0 radical (unpaired) electrons. The van der Waals surface area contributed by atoms with Crippen LogP contribution in [0.1, 0.15) is 35.6 Å². The molecule has 2 atom stereocenters. The third kappa shape index (κ3) is 4.07. The summed E-state index contributed by atoms with van der Waals surface area (Å²) >= 11 is 6.39. The van der Waals surface area contributed by atoms with Gasteiger partial charge in [0.15, 0.2) is 0 Å². The molecule has 180 valence electrons.